The second-order valence-electron chi connectivity index (χ2n) is 4.69. The van der Waals surface area contributed by atoms with E-state index in [4.69, 9.17) is 4.74 Å². The summed E-state index contributed by atoms with van der Waals surface area (Å²) < 4.78 is 4.89. The van der Waals surface area contributed by atoms with E-state index in [0.717, 1.165) is 5.56 Å². The molecule has 7 heteroatoms. The normalized spacial score (nSPS) is 11.0. The highest BCUT2D eigenvalue weighted by Crippen LogP contribution is 1.96. The minimum atomic E-state index is -0.934. The highest BCUT2D eigenvalue weighted by atomic mass is 16.5. The fourth-order valence-corrected chi connectivity index (χ4v) is 1.60. The van der Waals surface area contributed by atoms with Crippen molar-refractivity contribution in [3.05, 3.63) is 48.6 Å². The lowest BCUT2D eigenvalue weighted by atomic mass is 10.2. The van der Waals surface area contributed by atoms with E-state index in [1.54, 1.807) is 0 Å². The first kappa shape index (κ1) is 18.2. The van der Waals surface area contributed by atoms with E-state index in [0.29, 0.717) is 13.1 Å². The maximum absolute atomic E-state index is 11.6. The highest BCUT2D eigenvalue weighted by molar-refractivity contribution is 5.85. The Bertz CT molecular complexity index is 546. The predicted molar refractivity (Wildman–Crippen MR) is 85.4 cm³/mol. The Hall–Kier alpha value is -2.83. The molecule has 0 fully saturated rings. The van der Waals surface area contributed by atoms with Crippen molar-refractivity contribution in [3.63, 3.8) is 0 Å². The third-order valence-electron chi connectivity index (χ3n) is 2.79. The number of carbonyl (C=O) groups is 3. The summed E-state index contributed by atoms with van der Waals surface area (Å²) in [6, 6.07) is 8.87. The number of hydrogen-bond donors (Lipinski definition) is 3. The molecule has 0 aromatic heterocycles. The minimum Gasteiger partial charge on any atom is -0.451 e. The van der Waals surface area contributed by atoms with Gasteiger partial charge >= 0.3 is 12.0 Å². The van der Waals surface area contributed by atoms with Crippen LogP contribution in [0.1, 0.15) is 12.5 Å². The third kappa shape index (κ3) is 7.66. The Morgan fingerprint density at radius 2 is 1.87 bits per heavy atom. The number of esters is 1. The van der Waals surface area contributed by atoms with Gasteiger partial charge in [-0.1, -0.05) is 36.4 Å². The van der Waals surface area contributed by atoms with E-state index >= 15 is 0 Å². The molecule has 0 saturated heterocycles. The summed E-state index contributed by atoms with van der Waals surface area (Å²) in [6.07, 6.45) is 0.585. The van der Waals surface area contributed by atoms with Gasteiger partial charge in [0.05, 0.1) is 0 Å². The molecule has 3 N–H and O–H groups in total. The average Bonchev–Trinajstić information content (AvgIpc) is 2.56. The van der Waals surface area contributed by atoms with Gasteiger partial charge in [0.15, 0.2) is 6.10 Å². The Morgan fingerprint density at radius 3 is 2.52 bits per heavy atom. The third-order valence-corrected chi connectivity index (χ3v) is 2.79. The molecule has 1 atom stereocenters. The predicted octanol–water partition coefficient (Wildman–Crippen LogP) is 0.720. The number of hydrogen-bond acceptors (Lipinski definition) is 4. The molecule has 0 aliphatic carbocycles. The van der Waals surface area contributed by atoms with Crippen molar-refractivity contribution in [2.24, 2.45) is 0 Å². The number of urea groups is 1. The van der Waals surface area contributed by atoms with Gasteiger partial charge in [-0.2, -0.15) is 0 Å². The fraction of sp³-hybridized carbons (Fsp3) is 0.312. The molecule has 0 aliphatic rings. The first-order chi connectivity index (χ1) is 11.0. The van der Waals surface area contributed by atoms with Crippen LogP contribution < -0.4 is 16.0 Å². The van der Waals surface area contributed by atoms with E-state index in [2.05, 4.69) is 22.5 Å². The number of ether oxygens (including phenoxy) is 1. The van der Waals surface area contributed by atoms with Crippen molar-refractivity contribution in [2.45, 2.75) is 19.6 Å². The lowest BCUT2D eigenvalue weighted by Gasteiger charge is -2.13. The van der Waals surface area contributed by atoms with Gasteiger partial charge < -0.3 is 20.7 Å². The Balaban J connectivity index is 2.23. The first-order valence-electron chi connectivity index (χ1n) is 7.16. The molecule has 3 amide bonds. The van der Waals surface area contributed by atoms with Crippen LogP contribution in [0.25, 0.3) is 0 Å². The quantitative estimate of drug-likeness (QED) is 0.486. The molecule has 0 aliphatic heterocycles. The second kappa shape index (κ2) is 9.99. The number of nitrogens with one attached hydrogen (secondary N) is 3. The number of benzene rings is 1. The van der Waals surface area contributed by atoms with E-state index in [1.165, 1.54) is 13.0 Å². The molecule has 1 unspecified atom stereocenters. The molecule has 7 nitrogen and oxygen atoms in total. The SMILES string of the molecule is C=CCNC(=O)C(C)OC(=O)CNC(=O)NCc1ccccc1. The molecular formula is C16H21N3O4. The Labute approximate surface area is 135 Å². The van der Waals surface area contributed by atoms with Crippen LogP contribution in [0.5, 0.6) is 0 Å². The molecule has 0 radical (unpaired) electrons. The topological polar surface area (TPSA) is 96.5 Å². The summed E-state index contributed by atoms with van der Waals surface area (Å²) >= 11 is 0. The fourth-order valence-electron chi connectivity index (χ4n) is 1.60. The van der Waals surface area contributed by atoms with Crippen LogP contribution >= 0.6 is 0 Å². The van der Waals surface area contributed by atoms with Gasteiger partial charge in [-0.25, -0.2) is 4.79 Å². The van der Waals surface area contributed by atoms with Crippen LogP contribution in [0.2, 0.25) is 0 Å². The van der Waals surface area contributed by atoms with Crippen LogP contribution in [0, 0.1) is 0 Å². The van der Waals surface area contributed by atoms with Gasteiger partial charge in [-0.3, -0.25) is 9.59 Å². The zero-order valence-electron chi connectivity index (χ0n) is 13.0. The maximum atomic E-state index is 11.6. The molecule has 124 valence electrons. The van der Waals surface area contributed by atoms with Crippen molar-refractivity contribution in [1.29, 1.82) is 0 Å². The van der Waals surface area contributed by atoms with Gasteiger partial charge in [0, 0.05) is 13.1 Å². The molecule has 0 saturated carbocycles. The van der Waals surface area contributed by atoms with Gasteiger partial charge in [-0.05, 0) is 12.5 Å². The Morgan fingerprint density at radius 1 is 1.17 bits per heavy atom. The summed E-state index contributed by atoms with van der Waals surface area (Å²) in [5.74, 6) is -1.12. The van der Waals surface area contributed by atoms with Crippen LogP contribution in [0.15, 0.2) is 43.0 Å². The summed E-state index contributed by atoms with van der Waals surface area (Å²) in [6.45, 7) is 5.24. The average molecular weight is 319 g/mol. The van der Waals surface area contributed by atoms with Crippen LogP contribution in [-0.4, -0.2) is 37.1 Å². The number of carbonyl (C=O) groups excluding carboxylic acids is 3. The number of amides is 3. The van der Waals surface area contributed by atoms with E-state index in [-0.39, 0.29) is 6.54 Å². The molecule has 0 heterocycles. The van der Waals surface area contributed by atoms with Crippen molar-refractivity contribution < 1.29 is 19.1 Å². The monoisotopic (exact) mass is 319 g/mol. The van der Waals surface area contributed by atoms with Gasteiger partial charge in [0.1, 0.15) is 6.54 Å². The van der Waals surface area contributed by atoms with Gasteiger partial charge in [0.25, 0.3) is 5.91 Å². The smallest absolute Gasteiger partial charge is 0.326 e. The van der Waals surface area contributed by atoms with Crippen molar-refractivity contribution in [2.75, 3.05) is 13.1 Å². The molecule has 1 rings (SSSR count). The lowest BCUT2D eigenvalue weighted by molar-refractivity contribution is -0.153. The molecule has 1 aromatic carbocycles. The molecule has 1 aromatic rings. The molecule has 23 heavy (non-hydrogen) atoms. The molecule has 0 bridgehead atoms. The van der Waals surface area contributed by atoms with Gasteiger partial charge in [-0.15, -0.1) is 6.58 Å². The summed E-state index contributed by atoms with van der Waals surface area (Å²) in [5, 5.41) is 7.48. The summed E-state index contributed by atoms with van der Waals surface area (Å²) in [5.41, 5.74) is 0.942. The summed E-state index contributed by atoms with van der Waals surface area (Å²) in [7, 11) is 0. The molecule has 0 spiro atoms. The largest absolute Gasteiger partial charge is 0.451 e. The van der Waals surface area contributed by atoms with E-state index < -0.39 is 24.0 Å². The maximum Gasteiger partial charge on any atom is 0.326 e. The van der Waals surface area contributed by atoms with E-state index in [9.17, 15) is 14.4 Å². The minimum absolute atomic E-state index is 0.293. The zero-order valence-corrected chi connectivity index (χ0v) is 13.0. The summed E-state index contributed by atoms with van der Waals surface area (Å²) in [4.78, 5) is 34.6. The van der Waals surface area contributed by atoms with Crippen LogP contribution in [0.3, 0.4) is 0 Å². The first-order valence-corrected chi connectivity index (χ1v) is 7.16. The highest BCUT2D eigenvalue weighted by Gasteiger charge is 2.17. The zero-order chi connectivity index (χ0) is 17.1. The van der Waals surface area contributed by atoms with E-state index in [1.807, 2.05) is 30.3 Å². The Kier molecular flexibility index (Phi) is 7.91. The van der Waals surface area contributed by atoms with Crippen molar-refractivity contribution >= 4 is 17.9 Å². The van der Waals surface area contributed by atoms with Crippen molar-refractivity contribution in [1.82, 2.24) is 16.0 Å². The van der Waals surface area contributed by atoms with Crippen LogP contribution in [-0.2, 0) is 20.9 Å². The lowest BCUT2D eigenvalue weighted by Crippen LogP contribution is -2.41. The molecular weight excluding hydrogens is 298 g/mol. The van der Waals surface area contributed by atoms with Crippen molar-refractivity contribution in [3.8, 4) is 0 Å². The van der Waals surface area contributed by atoms with Gasteiger partial charge in [0.2, 0.25) is 0 Å². The second-order valence-corrected chi connectivity index (χ2v) is 4.69. The number of rotatable bonds is 8. The van der Waals surface area contributed by atoms with Crippen LogP contribution in [0.4, 0.5) is 4.79 Å². The standard InChI is InChI=1S/C16H21N3O4/c1-3-9-17-15(21)12(2)23-14(20)11-19-16(22)18-10-13-7-5-4-6-8-13/h3-8,12H,1,9-11H2,2H3,(H,17,21)(H2,18,19,22).